The van der Waals surface area contributed by atoms with Gasteiger partial charge in [0.25, 0.3) is 0 Å². The summed E-state index contributed by atoms with van der Waals surface area (Å²) in [4.78, 5) is 11.8. The molecule has 2 N–H and O–H groups in total. The summed E-state index contributed by atoms with van der Waals surface area (Å²) in [5, 5.41) is 6.17. The van der Waals surface area contributed by atoms with Gasteiger partial charge >= 0.3 is 0 Å². The van der Waals surface area contributed by atoms with Crippen LogP contribution in [0.2, 0.25) is 0 Å². The lowest BCUT2D eigenvalue weighted by atomic mass is 10.0. The van der Waals surface area contributed by atoms with Crippen molar-refractivity contribution >= 4 is 5.91 Å². The first kappa shape index (κ1) is 14.9. The van der Waals surface area contributed by atoms with Gasteiger partial charge in [-0.05, 0) is 23.6 Å². The number of ether oxygens (including phenoxy) is 1. The van der Waals surface area contributed by atoms with Gasteiger partial charge in [-0.3, -0.25) is 4.79 Å². The normalized spacial score (nSPS) is 14.9. The number of nitrogens with one attached hydrogen (secondary N) is 2. The van der Waals surface area contributed by atoms with E-state index < -0.39 is 0 Å². The van der Waals surface area contributed by atoms with Crippen molar-refractivity contribution in [1.29, 1.82) is 0 Å². The molecule has 0 spiro atoms. The van der Waals surface area contributed by atoms with E-state index in [1.807, 2.05) is 24.3 Å². The van der Waals surface area contributed by atoms with Crippen LogP contribution in [-0.4, -0.2) is 32.1 Å². The molecule has 1 aliphatic rings. The summed E-state index contributed by atoms with van der Waals surface area (Å²) in [5.74, 6) is 2.07. The fourth-order valence-corrected chi connectivity index (χ4v) is 1.97. The minimum atomic E-state index is 0.0905. The largest absolute Gasteiger partial charge is 0.493 e. The first-order valence-corrected chi connectivity index (χ1v) is 7.32. The van der Waals surface area contributed by atoms with Gasteiger partial charge in [0.15, 0.2) is 0 Å². The average Bonchev–Trinajstić information content (AvgIpc) is 2.36. The Bertz CT molecular complexity index is 425. The third-order valence-corrected chi connectivity index (χ3v) is 3.33. The molecule has 0 aromatic heterocycles. The van der Waals surface area contributed by atoms with Gasteiger partial charge in [-0.25, -0.2) is 0 Å². The molecular formula is C16H24N2O2. The molecule has 1 aromatic carbocycles. The van der Waals surface area contributed by atoms with Crippen molar-refractivity contribution in [1.82, 2.24) is 10.6 Å². The number of carbonyl (C=O) groups is 1. The first-order chi connectivity index (χ1) is 9.63. The third-order valence-electron chi connectivity index (χ3n) is 3.33. The summed E-state index contributed by atoms with van der Waals surface area (Å²) >= 11 is 0. The molecule has 20 heavy (non-hydrogen) atoms. The molecule has 0 bridgehead atoms. The molecule has 0 saturated carbocycles. The lowest BCUT2D eigenvalue weighted by Crippen LogP contribution is -2.48. The van der Waals surface area contributed by atoms with E-state index >= 15 is 0 Å². The van der Waals surface area contributed by atoms with Crippen LogP contribution in [0.1, 0.15) is 19.4 Å². The number of carbonyl (C=O) groups excluding carboxylic acids is 1. The molecule has 0 atom stereocenters. The molecule has 4 nitrogen and oxygen atoms in total. The van der Waals surface area contributed by atoms with Crippen LogP contribution in [-0.2, 0) is 11.2 Å². The molecule has 1 amide bonds. The molecular weight excluding hydrogens is 252 g/mol. The Hall–Kier alpha value is -1.55. The Morgan fingerprint density at radius 1 is 1.35 bits per heavy atom. The van der Waals surface area contributed by atoms with Gasteiger partial charge < -0.3 is 15.4 Å². The number of amides is 1. The highest BCUT2D eigenvalue weighted by Crippen LogP contribution is 2.13. The lowest BCUT2D eigenvalue weighted by molar-refractivity contribution is -0.120. The van der Waals surface area contributed by atoms with Crippen LogP contribution in [0.4, 0.5) is 0 Å². The maximum Gasteiger partial charge on any atom is 0.224 e. The Morgan fingerprint density at radius 2 is 2.05 bits per heavy atom. The Balaban J connectivity index is 1.73. The molecule has 0 radical (unpaired) electrons. The zero-order chi connectivity index (χ0) is 14.4. The zero-order valence-electron chi connectivity index (χ0n) is 12.3. The summed E-state index contributed by atoms with van der Waals surface area (Å²) in [6.07, 6.45) is 0.435. The molecule has 1 aromatic rings. The topological polar surface area (TPSA) is 50.4 Å². The molecule has 110 valence electrons. The quantitative estimate of drug-likeness (QED) is 0.795. The summed E-state index contributed by atoms with van der Waals surface area (Å²) in [7, 11) is 0. The van der Waals surface area contributed by atoms with E-state index in [0.717, 1.165) is 37.6 Å². The second-order valence-electron chi connectivity index (χ2n) is 5.85. The van der Waals surface area contributed by atoms with Crippen LogP contribution < -0.4 is 15.4 Å². The summed E-state index contributed by atoms with van der Waals surface area (Å²) in [5.41, 5.74) is 1.02. The number of hydrogen-bond acceptors (Lipinski definition) is 3. The number of hydrogen-bond donors (Lipinski definition) is 2. The standard InChI is InChI=1S/C16H24N2O2/c1-12(2)11-20-15-5-3-13(4-6-15)7-16(19)18-10-14-8-17-9-14/h3-6,12,14,17H,7-11H2,1-2H3,(H,18,19). The van der Waals surface area contributed by atoms with Crippen LogP contribution in [0.15, 0.2) is 24.3 Å². The first-order valence-electron chi connectivity index (χ1n) is 7.32. The smallest absolute Gasteiger partial charge is 0.224 e. The highest BCUT2D eigenvalue weighted by Gasteiger charge is 2.17. The second-order valence-corrected chi connectivity index (χ2v) is 5.85. The van der Waals surface area contributed by atoms with Gasteiger partial charge in [0.2, 0.25) is 5.91 Å². The van der Waals surface area contributed by atoms with Crippen molar-refractivity contribution in [3.8, 4) is 5.75 Å². The van der Waals surface area contributed by atoms with Crippen molar-refractivity contribution in [2.45, 2.75) is 20.3 Å². The van der Waals surface area contributed by atoms with Crippen LogP contribution in [0, 0.1) is 11.8 Å². The van der Waals surface area contributed by atoms with Crippen molar-refractivity contribution in [2.24, 2.45) is 11.8 Å². The van der Waals surface area contributed by atoms with E-state index in [0.29, 0.717) is 18.3 Å². The van der Waals surface area contributed by atoms with Crippen LogP contribution in [0.25, 0.3) is 0 Å². The highest BCUT2D eigenvalue weighted by molar-refractivity contribution is 5.78. The average molecular weight is 276 g/mol. The van der Waals surface area contributed by atoms with E-state index in [2.05, 4.69) is 24.5 Å². The molecule has 4 heteroatoms. The van der Waals surface area contributed by atoms with Gasteiger partial charge in [-0.15, -0.1) is 0 Å². The Kier molecular flexibility index (Phi) is 5.41. The lowest BCUT2D eigenvalue weighted by Gasteiger charge is -2.27. The predicted molar refractivity (Wildman–Crippen MR) is 79.8 cm³/mol. The van der Waals surface area contributed by atoms with Crippen LogP contribution in [0.5, 0.6) is 5.75 Å². The van der Waals surface area contributed by atoms with E-state index in [9.17, 15) is 4.79 Å². The number of benzene rings is 1. The van der Waals surface area contributed by atoms with Crippen molar-refractivity contribution in [3.63, 3.8) is 0 Å². The summed E-state index contributed by atoms with van der Waals surface area (Å²) < 4.78 is 5.62. The summed E-state index contributed by atoms with van der Waals surface area (Å²) in [6.45, 7) is 7.77. The molecule has 1 fully saturated rings. The molecule has 1 saturated heterocycles. The van der Waals surface area contributed by atoms with E-state index in [1.54, 1.807) is 0 Å². The van der Waals surface area contributed by atoms with E-state index in [-0.39, 0.29) is 5.91 Å². The monoisotopic (exact) mass is 276 g/mol. The minimum absolute atomic E-state index is 0.0905. The SMILES string of the molecule is CC(C)COc1ccc(CC(=O)NCC2CNC2)cc1. The van der Waals surface area contributed by atoms with Gasteiger partial charge in [-0.2, -0.15) is 0 Å². The van der Waals surface area contributed by atoms with Crippen LogP contribution >= 0.6 is 0 Å². The Morgan fingerprint density at radius 3 is 2.60 bits per heavy atom. The van der Waals surface area contributed by atoms with Gasteiger partial charge in [0.1, 0.15) is 5.75 Å². The van der Waals surface area contributed by atoms with E-state index in [4.69, 9.17) is 4.74 Å². The third kappa shape index (κ3) is 4.85. The fourth-order valence-electron chi connectivity index (χ4n) is 1.97. The molecule has 1 heterocycles. The van der Waals surface area contributed by atoms with Crippen molar-refractivity contribution < 1.29 is 9.53 Å². The van der Waals surface area contributed by atoms with Crippen molar-refractivity contribution in [3.05, 3.63) is 29.8 Å². The minimum Gasteiger partial charge on any atom is -0.493 e. The van der Waals surface area contributed by atoms with Crippen molar-refractivity contribution in [2.75, 3.05) is 26.2 Å². The highest BCUT2D eigenvalue weighted by atomic mass is 16.5. The molecule has 0 aliphatic carbocycles. The Labute approximate surface area is 120 Å². The maximum absolute atomic E-state index is 11.8. The van der Waals surface area contributed by atoms with Crippen LogP contribution in [0.3, 0.4) is 0 Å². The predicted octanol–water partition coefficient (Wildman–Crippen LogP) is 1.60. The zero-order valence-corrected chi connectivity index (χ0v) is 12.3. The maximum atomic E-state index is 11.8. The van der Waals surface area contributed by atoms with E-state index in [1.165, 1.54) is 0 Å². The summed E-state index contributed by atoms with van der Waals surface area (Å²) in [6, 6.07) is 7.78. The molecule has 0 unspecified atom stereocenters. The second kappa shape index (κ2) is 7.29. The fraction of sp³-hybridized carbons (Fsp3) is 0.562. The van der Waals surface area contributed by atoms with Gasteiger partial charge in [0.05, 0.1) is 13.0 Å². The molecule has 2 rings (SSSR count). The van der Waals surface area contributed by atoms with Gasteiger partial charge in [0, 0.05) is 25.6 Å². The van der Waals surface area contributed by atoms with Gasteiger partial charge in [-0.1, -0.05) is 26.0 Å². The number of rotatable bonds is 7. The molecule has 1 aliphatic heterocycles.